The van der Waals surface area contributed by atoms with Gasteiger partial charge >= 0.3 is 5.97 Å². The molecule has 4 nitrogen and oxygen atoms in total. The number of carbonyl (C=O) groups is 1. The van der Waals surface area contributed by atoms with Crippen molar-refractivity contribution in [2.75, 3.05) is 11.9 Å². The van der Waals surface area contributed by atoms with Crippen LogP contribution in [-0.2, 0) is 6.54 Å². The second-order valence-electron chi connectivity index (χ2n) is 5.00. The molecule has 6 heteroatoms. The van der Waals surface area contributed by atoms with E-state index in [0.29, 0.717) is 28.9 Å². The highest BCUT2D eigenvalue weighted by Crippen LogP contribution is 2.33. The molecular weight excluding hydrogens is 337 g/mol. The lowest BCUT2D eigenvalue weighted by Crippen LogP contribution is -2.06. The number of aryl methyl sites for hydroxylation is 1. The second kappa shape index (κ2) is 7.57. The highest BCUT2D eigenvalue weighted by molar-refractivity contribution is 6.35. The summed E-state index contributed by atoms with van der Waals surface area (Å²) in [4.78, 5) is 11.0. The van der Waals surface area contributed by atoms with Crippen molar-refractivity contribution in [1.82, 2.24) is 0 Å². The van der Waals surface area contributed by atoms with Crippen LogP contribution < -0.4 is 10.1 Å². The molecule has 122 valence electrons. The van der Waals surface area contributed by atoms with Gasteiger partial charge in [-0.1, -0.05) is 23.2 Å². The Morgan fingerprint density at radius 3 is 2.61 bits per heavy atom. The van der Waals surface area contributed by atoms with Crippen LogP contribution in [0.3, 0.4) is 0 Å². The Morgan fingerprint density at radius 2 is 2.00 bits per heavy atom. The predicted octanol–water partition coefficient (Wildman–Crippen LogP) is 5.01. The van der Waals surface area contributed by atoms with Crippen molar-refractivity contribution < 1.29 is 14.6 Å². The van der Waals surface area contributed by atoms with Gasteiger partial charge in [-0.2, -0.15) is 0 Å². The topological polar surface area (TPSA) is 58.6 Å². The summed E-state index contributed by atoms with van der Waals surface area (Å²) in [6, 6.07) is 8.37. The molecule has 2 rings (SSSR count). The van der Waals surface area contributed by atoms with E-state index in [-0.39, 0.29) is 5.56 Å². The number of carboxylic acid groups (broad SMARTS) is 1. The molecule has 0 aliphatic heterocycles. The molecule has 0 saturated carbocycles. The normalized spacial score (nSPS) is 10.4. The quantitative estimate of drug-likeness (QED) is 0.766. The number of hydrogen-bond acceptors (Lipinski definition) is 3. The van der Waals surface area contributed by atoms with E-state index >= 15 is 0 Å². The molecule has 0 saturated heterocycles. The lowest BCUT2D eigenvalue weighted by molar-refractivity contribution is 0.0697. The van der Waals surface area contributed by atoms with Crippen LogP contribution in [0.5, 0.6) is 5.75 Å². The van der Waals surface area contributed by atoms with E-state index < -0.39 is 5.97 Å². The van der Waals surface area contributed by atoms with E-state index in [0.717, 1.165) is 16.8 Å². The van der Waals surface area contributed by atoms with Gasteiger partial charge in [-0.05, 0) is 49.7 Å². The van der Waals surface area contributed by atoms with Gasteiger partial charge in [0, 0.05) is 22.8 Å². The van der Waals surface area contributed by atoms with Crippen LogP contribution in [-0.4, -0.2) is 17.7 Å². The van der Waals surface area contributed by atoms with Crippen molar-refractivity contribution in [3.63, 3.8) is 0 Å². The third-order valence-electron chi connectivity index (χ3n) is 3.32. The van der Waals surface area contributed by atoms with Crippen LogP contribution in [0.1, 0.15) is 28.4 Å². The van der Waals surface area contributed by atoms with Crippen LogP contribution >= 0.6 is 23.2 Å². The Labute approximate surface area is 145 Å². The van der Waals surface area contributed by atoms with Crippen molar-refractivity contribution in [3.8, 4) is 5.75 Å². The number of ether oxygens (including phenoxy) is 1. The summed E-state index contributed by atoms with van der Waals surface area (Å²) in [6.07, 6.45) is 0. The van der Waals surface area contributed by atoms with Crippen LogP contribution in [0, 0.1) is 6.92 Å². The molecule has 0 unspecified atom stereocenters. The summed E-state index contributed by atoms with van der Waals surface area (Å²) >= 11 is 12.2. The molecule has 0 aliphatic carbocycles. The average molecular weight is 354 g/mol. The first-order valence-corrected chi connectivity index (χ1v) is 7.86. The van der Waals surface area contributed by atoms with Crippen LogP contribution in [0.2, 0.25) is 10.0 Å². The van der Waals surface area contributed by atoms with E-state index in [1.54, 1.807) is 30.3 Å². The van der Waals surface area contributed by atoms with E-state index in [1.807, 2.05) is 13.8 Å². The molecule has 0 fully saturated rings. The van der Waals surface area contributed by atoms with Gasteiger partial charge in [-0.15, -0.1) is 0 Å². The van der Waals surface area contributed by atoms with Gasteiger partial charge in [0.05, 0.1) is 17.2 Å². The zero-order valence-electron chi connectivity index (χ0n) is 12.8. The molecule has 0 radical (unpaired) electrons. The Kier molecular flexibility index (Phi) is 5.74. The maximum Gasteiger partial charge on any atom is 0.335 e. The summed E-state index contributed by atoms with van der Waals surface area (Å²) < 4.78 is 5.58. The minimum atomic E-state index is -0.945. The van der Waals surface area contributed by atoms with E-state index in [1.165, 1.54) is 0 Å². The largest absolute Gasteiger partial charge is 0.492 e. The van der Waals surface area contributed by atoms with Gasteiger partial charge in [0.15, 0.2) is 0 Å². The number of carboxylic acids is 1. The number of nitrogens with one attached hydrogen (secondary N) is 1. The first-order valence-electron chi connectivity index (χ1n) is 7.11. The SMILES string of the molecule is CCOc1c(Cl)cc(Cl)cc1CNc1ccc(C(=O)O)cc1C. The molecule has 0 bridgehead atoms. The van der Waals surface area contributed by atoms with Gasteiger partial charge in [-0.25, -0.2) is 4.79 Å². The third-order valence-corrected chi connectivity index (χ3v) is 3.82. The lowest BCUT2D eigenvalue weighted by Gasteiger charge is -2.15. The molecule has 2 aromatic carbocycles. The minimum Gasteiger partial charge on any atom is -0.492 e. The maximum atomic E-state index is 11.0. The van der Waals surface area contributed by atoms with Crippen LogP contribution in [0.25, 0.3) is 0 Å². The van der Waals surface area contributed by atoms with E-state index in [9.17, 15) is 4.79 Å². The van der Waals surface area contributed by atoms with Gasteiger partial charge in [0.1, 0.15) is 5.75 Å². The number of rotatable bonds is 6. The summed E-state index contributed by atoms with van der Waals surface area (Å²) in [7, 11) is 0. The number of benzene rings is 2. The van der Waals surface area contributed by atoms with Crippen molar-refractivity contribution >= 4 is 34.9 Å². The number of halogens is 2. The predicted molar refractivity (Wildman–Crippen MR) is 93.1 cm³/mol. The standard InChI is InChI=1S/C17H17Cl2NO3/c1-3-23-16-12(7-13(18)8-14(16)19)9-20-15-5-4-11(17(21)22)6-10(15)2/h4-8,20H,3,9H2,1-2H3,(H,21,22). The van der Waals surface area contributed by atoms with Crippen molar-refractivity contribution in [1.29, 1.82) is 0 Å². The fourth-order valence-corrected chi connectivity index (χ4v) is 2.83. The number of anilines is 1. The van der Waals surface area contributed by atoms with Crippen LogP contribution in [0.15, 0.2) is 30.3 Å². The summed E-state index contributed by atoms with van der Waals surface area (Å²) in [5.41, 5.74) is 2.78. The van der Waals surface area contributed by atoms with E-state index in [4.69, 9.17) is 33.0 Å². The number of aromatic carboxylic acids is 1. The first kappa shape index (κ1) is 17.4. The maximum absolute atomic E-state index is 11.0. The van der Waals surface area contributed by atoms with Crippen molar-refractivity contribution in [2.45, 2.75) is 20.4 Å². The highest BCUT2D eigenvalue weighted by atomic mass is 35.5. The molecule has 0 heterocycles. The fraction of sp³-hybridized carbons (Fsp3) is 0.235. The minimum absolute atomic E-state index is 0.258. The third kappa shape index (κ3) is 4.30. The van der Waals surface area contributed by atoms with E-state index in [2.05, 4.69) is 5.32 Å². The smallest absolute Gasteiger partial charge is 0.335 e. The molecule has 23 heavy (non-hydrogen) atoms. The monoisotopic (exact) mass is 353 g/mol. The Hall–Kier alpha value is -1.91. The van der Waals surface area contributed by atoms with Crippen molar-refractivity contribution in [2.24, 2.45) is 0 Å². The molecule has 0 aliphatic rings. The Balaban J connectivity index is 2.22. The molecule has 0 amide bonds. The van der Waals surface area contributed by atoms with Crippen LogP contribution in [0.4, 0.5) is 5.69 Å². The average Bonchev–Trinajstić information content (AvgIpc) is 2.49. The van der Waals surface area contributed by atoms with Gasteiger partial charge in [0.2, 0.25) is 0 Å². The molecule has 0 atom stereocenters. The Bertz CT molecular complexity index is 732. The summed E-state index contributed by atoms with van der Waals surface area (Å²) in [6.45, 7) is 4.70. The zero-order chi connectivity index (χ0) is 17.0. The molecule has 0 aromatic heterocycles. The number of hydrogen-bond donors (Lipinski definition) is 2. The van der Waals surface area contributed by atoms with Gasteiger partial charge in [0.25, 0.3) is 0 Å². The van der Waals surface area contributed by atoms with Gasteiger partial charge < -0.3 is 15.2 Å². The summed E-state index contributed by atoms with van der Waals surface area (Å²) in [5.74, 6) is -0.342. The lowest BCUT2D eigenvalue weighted by atomic mass is 10.1. The molecular formula is C17H17Cl2NO3. The molecule has 0 spiro atoms. The zero-order valence-corrected chi connectivity index (χ0v) is 14.3. The Morgan fingerprint density at radius 1 is 1.26 bits per heavy atom. The summed E-state index contributed by atoms with van der Waals surface area (Å²) in [5, 5.41) is 13.3. The fourth-order valence-electron chi connectivity index (χ4n) is 2.24. The molecule has 2 aromatic rings. The highest BCUT2D eigenvalue weighted by Gasteiger charge is 2.11. The van der Waals surface area contributed by atoms with Gasteiger partial charge in [-0.3, -0.25) is 0 Å². The second-order valence-corrected chi connectivity index (χ2v) is 5.84. The first-order chi connectivity index (χ1) is 10.9. The molecule has 2 N–H and O–H groups in total. The van der Waals surface area contributed by atoms with Crippen molar-refractivity contribution in [3.05, 3.63) is 57.1 Å².